The minimum absolute atomic E-state index is 0.0213. The third-order valence-electron chi connectivity index (χ3n) is 3.81. The number of nitrogens with one attached hydrogen (secondary N) is 1. The number of aromatic nitrogens is 1. The maximum atomic E-state index is 12.0. The summed E-state index contributed by atoms with van der Waals surface area (Å²) in [6.07, 6.45) is 1.86. The molecule has 3 rings (SSSR count). The van der Waals surface area contributed by atoms with Gasteiger partial charge in [0.05, 0.1) is 6.04 Å². The number of hydrogen-bond donors (Lipinski definition) is 1. The lowest BCUT2D eigenvalue weighted by molar-refractivity contribution is -0.121. The monoisotopic (exact) mass is 308 g/mol. The molecule has 1 N–H and O–H groups in total. The van der Waals surface area contributed by atoms with Gasteiger partial charge in [-0.3, -0.25) is 4.79 Å². The molecule has 0 aliphatic carbocycles. The van der Waals surface area contributed by atoms with Crippen molar-refractivity contribution in [1.29, 1.82) is 0 Å². The van der Waals surface area contributed by atoms with Crippen molar-refractivity contribution >= 4 is 17.0 Å². The topological polar surface area (TPSA) is 55.1 Å². The van der Waals surface area contributed by atoms with Crippen LogP contribution in [0.25, 0.3) is 11.1 Å². The molecule has 1 amide bonds. The first-order chi connectivity index (χ1) is 11.2. The van der Waals surface area contributed by atoms with Crippen molar-refractivity contribution in [3.63, 3.8) is 0 Å². The van der Waals surface area contributed by atoms with Gasteiger partial charge >= 0.3 is 0 Å². The Labute approximate surface area is 135 Å². The van der Waals surface area contributed by atoms with Crippen LogP contribution in [0.3, 0.4) is 0 Å². The number of nitrogens with zero attached hydrogens (tertiary/aromatic N) is 1. The maximum Gasteiger partial charge on any atom is 0.220 e. The van der Waals surface area contributed by atoms with Gasteiger partial charge in [0.1, 0.15) is 5.52 Å². The zero-order chi connectivity index (χ0) is 16.1. The van der Waals surface area contributed by atoms with Gasteiger partial charge in [0.2, 0.25) is 5.91 Å². The lowest BCUT2D eigenvalue weighted by Gasteiger charge is -2.13. The van der Waals surface area contributed by atoms with E-state index in [2.05, 4.69) is 10.3 Å². The molecule has 3 aromatic rings. The Kier molecular flexibility index (Phi) is 4.71. The summed E-state index contributed by atoms with van der Waals surface area (Å²) in [5.74, 6) is 0.743. The Morgan fingerprint density at radius 1 is 1.13 bits per heavy atom. The van der Waals surface area contributed by atoms with Gasteiger partial charge in [-0.2, -0.15) is 0 Å². The summed E-state index contributed by atoms with van der Waals surface area (Å²) in [6.45, 7) is 1.99. The summed E-state index contributed by atoms with van der Waals surface area (Å²) in [6, 6.07) is 17.7. The highest BCUT2D eigenvalue weighted by molar-refractivity contribution is 5.76. The number of para-hydroxylation sites is 2. The molecule has 0 spiro atoms. The number of fused-ring (bicyclic) bond motifs is 1. The summed E-state index contributed by atoms with van der Waals surface area (Å²) in [5, 5.41) is 3.02. The highest BCUT2D eigenvalue weighted by Gasteiger charge is 2.10. The number of rotatable bonds is 6. The van der Waals surface area contributed by atoms with E-state index in [4.69, 9.17) is 4.42 Å². The van der Waals surface area contributed by atoms with E-state index < -0.39 is 0 Å². The number of oxazole rings is 1. The fraction of sp³-hybridized carbons (Fsp3) is 0.263. The van der Waals surface area contributed by atoms with Crippen molar-refractivity contribution in [1.82, 2.24) is 10.3 Å². The SMILES string of the molecule is C[C@H](NC(=O)CCCc1nc2ccccc2o1)c1ccccc1. The average Bonchev–Trinajstić information content (AvgIpc) is 2.98. The van der Waals surface area contributed by atoms with Gasteiger partial charge in [-0.15, -0.1) is 0 Å². The lowest BCUT2D eigenvalue weighted by Crippen LogP contribution is -2.26. The van der Waals surface area contributed by atoms with Crippen molar-refractivity contribution in [3.05, 3.63) is 66.1 Å². The van der Waals surface area contributed by atoms with Crippen LogP contribution in [-0.4, -0.2) is 10.9 Å². The van der Waals surface area contributed by atoms with Gasteiger partial charge in [0.25, 0.3) is 0 Å². The first-order valence-electron chi connectivity index (χ1n) is 7.91. The summed E-state index contributed by atoms with van der Waals surface area (Å²) in [4.78, 5) is 16.4. The molecule has 1 aromatic heterocycles. The third kappa shape index (κ3) is 3.97. The molecule has 0 aliphatic heterocycles. The smallest absolute Gasteiger partial charge is 0.220 e. The molecule has 4 nitrogen and oxygen atoms in total. The van der Waals surface area contributed by atoms with E-state index in [0.29, 0.717) is 18.7 Å². The molecular weight excluding hydrogens is 288 g/mol. The predicted molar refractivity (Wildman–Crippen MR) is 89.9 cm³/mol. The number of benzene rings is 2. The van der Waals surface area contributed by atoms with Crippen molar-refractivity contribution in [2.75, 3.05) is 0 Å². The van der Waals surface area contributed by atoms with Crippen molar-refractivity contribution in [2.24, 2.45) is 0 Å². The second kappa shape index (κ2) is 7.09. The molecule has 0 saturated carbocycles. The van der Waals surface area contributed by atoms with Crippen LogP contribution in [0.4, 0.5) is 0 Å². The Morgan fingerprint density at radius 3 is 2.65 bits per heavy atom. The van der Waals surface area contributed by atoms with Gasteiger partial charge in [0, 0.05) is 12.8 Å². The van der Waals surface area contributed by atoms with Crippen LogP contribution in [0.15, 0.2) is 59.0 Å². The van der Waals surface area contributed by atoms with Crippen LogP contribution in [0.2, 0.25) is 0 Å². The minimum Gasteiger partial charge on any atom is -0.441 e. The normalized spacial score (nSPS) is 12.2. The second-order valence-corrected chi connectivity index (χ2v) is 5.63. The molecule has 118 valence electrons. The van der Waals surface area contributed by atoms with E-state index in [1.165, 1.54) is 0 Å². The van der Waals surface area contributed by atoms with Crippen LogP contribution in [0.5, 0.6) is 0 Å². The van der Waals surface area contributed by atoms with E-state index in [-0.39, 0.29) is 11.9 Å². The molecule has 23 heavy (non-hydrogen) atoms. The quantitative estimate of drug-likeness (QED) is 0.748. The fourth-order valence-electron chi connectivity index (χ4n) is 2.57. The van der Waals surface area contributed by atoms with Gasteiger partial charge in [-0.05, 0) is 31.0 Å². The van der Waals surface area contributed by atoms with Crippen LogP contribution in [0, 0.1) is 0 Å². The number of carbonyl (C=O) groups is 1. The highest BCUT2D eigenvalue weighted by atomic mass is 16.3. The molecule has 1 atom stereocenters. The molecule has 0 aliphatic rings. The van der Waals surface area contributed by atoms with Crippen molar-refractivity contribution in [2.45, 2.75) is 32.2 Å². The van der Waals surface area contributed by atoms with Crippen molar-refractivity contribution < 1.29 is 9.21 Å². The molecule has 0 bridgehead atoms. The Bertz CT molecular complexity index is 747. The fourth-order valence-corrected chi connectivity index (χ4v) is 2.57. The van der Waals surface area contributed by atoms with Crippen molar-refractivity contribution in [3.8, 4) is 0 Å². The van der Waals surface area contributed by atoms with E-state index in [0.717, 1.165) is 23.1 Å². The zero-order valence-corrected chi connectivity index (χ0v) is 13.2. The largest absolute Gasteiger partial charge is 0.441 e. The second-order valence-electron chi connectivity index (χ2n) is 5.63. The molecule has 0 radical (unpaired) electrons. The first kappa shape index (κ1) is 15.3. The minimum atomic E-state index is 0.0213. The number of hydrogen-bond acceptors (Lipinski definition) is 3. The van der Waals surface area contributed by atoms with Gasteiger partial charge in [-0.25, -0.2) is 4.98 Å². The molecule has 2 aromatic carbocycles. The lowest BCUT2D eigenvalue weighted by atomic mass is 10.1. The summed E-state index contributed by atoms with van der Waals surface area (Å²) < 4.78 is 5.66. The maximum absolute atomic E-state index is 12.0. The Hall–Kier alpha value is -2.62. The Morgan fingerprint density at radius 2 is 1.87 bits per heavy atom. The van der Waals surface area contributed by atoms with Gasteiger partial charge < -0.3 is 9.73 Å². The van der Waals surface area contributed by atoms with Crippen LogP contribution in [0.1, 0.15) is 37.3 Å². The summed E-state index contributed by atoms with van der Waals surface area (Å²) in [5.41, 5.74) is 2.77. The van der Waals surface area contributed by atoms with Crippen LogP contribution in [-0.2, 0) is 11.2 Å². The molecule has 0 saturated heterocycles. The van der Waals surface area contributed by atoms with E-state index in [9.17, 15) is 4.79 Å². The summed E-state index contributed by atoms with van der Waals surface area (Å²) in [7, 11) is 0. The molecule has 0 fully saturated rings. The first-order valence-corrected chi connectivity index (χ1v) is 7.91. The predicted octanol–water partition coefficient (Wildman–Crippen LogP) is 4.03. The Balaban J connectivity index is 1.47. The molecule has 1 heterocycles. The zero-order valence-electron chi connectivity index (χ0n) is 13.2. The standard InChI is InChI=1S/C19H20N2O2/c1-14(15-8-3-2-4-9-15)20-18(22)12-7-13-19-21-16-10-5-6-11-17(16)23-19/h2-6,8-11,14H,7,12-13H2,1H3,(H,20,22)/t14-/m0/s1. The highest BCUT2D eigenvalue weighted by Crippen LogP contribution is 2.16. The van der Waals surface area contributed by atoms with E-state index in [1.54, 1.807) is 0 Å². The van der Waals surface area contributed by atoms with Crippen LogP contribution >= 0.6 is 0 Å². The number of carbonyl (C=O) groups excluding carboxylic acids is 1. The molecular formula is C19H20N2O2. The van der Waals surface area contributed by atoms with Crippen LogP contribution < -0.4 is 5.32 Å². The molecule has 4 heteroatoms. The summed E-state index contributed by atoms with van der Waals surface area (Å²) >= 11 is 0. The average molecular weight is 308 g/mol. The third-order valence-corrected chi connectivity index (χ3v) is 3.81. The van der Waals surface area contributed by atoms with Gasteiger partial charge in [-0.1, -0.05) is 42.5 Å². The van der Waals surface area contributed by atoms with E-state index >= 15 is 0 Å². The van der Waals surface area contributed by atoms with Gasteiger partial charge in [0.15, 0.2) is 11.5 Å². The molecule has 0 unspecified atom stereocenters. The number of amides is 1. The van der Waals surface area contributed by atoms with E-state index in [1.807, 2.05) is 61.5 Å². The number of aryl methyl sites for hydroxylation is 1.